The molecule has 2 aromatic heterocycles. The van der Waals surface area contributed by atoms with Crippen molar-refractivity contribution in [3.8, 4) is 5.69 Å². The van der Waals surface area contributed by atoms with Gasteiger partial charge in [-0.25, -0.2) is 0 Å². The average molecular weight is 624 g/mol. The highest BCUT2D eigenvalue weighted by atomic mass is 28.4. The summed E-state index contributed by atoms with van der Waals surface area (Å²) >= 11 is 0. The van der Waals surface area contributed by atoms with Gasteiger partial charge in [-0.3, -0.25) is 9.48 Å². The standard InChI is InChI=1S/C35H41N5O4Si/c1-24-32(18-15-25-13-16-28(17-14-25)40-35(42)29-12-8-7-11-27(29)21-36-40)44-33(34(24)45(2,3)43)19-20-39-22-31(37-38-39)30(23-41)26-9-5-4-6-10-26/h4-14,16-17,21-22,24,30,32-34,41,43H,15,18-20,23H2,1-3H3/t24-,30?,32+,33-,34+/m0/s1. The fraction of sp³-hybridized carbons (Fsp3) is 0.371. The molecule has 6 rings (SSSR count). The lowest BCUT2D eigenvalue weighted by Crippen LogP contribution is -2.40. The van der Waals surface area contributed by atoms with E-state index < -0.39 is 8.32 Å². The molecule has 0 amide bonds. The highest BCUT2D eigenvalue weighted by Crippen LogP contribution is 2.45. The lowest BCUT2D eigenvalue weighted by atomic mass is 9.95. The zero-order chi connectivity index (χ0) is 31.6. The van der Waals surface area contributed by atoms with Crippen LogP contribution in [0.25, 0.3) is 16.5 Å². The third-order valence-corrected chi connectivity index (χ3v) is 11.8. The lowest BCUT2D eigenvalue weighted by molar-refractivity contribution is 0.0245. The number of hydrogen-bond acceptors (Lipinski definition) is 7. The molecule has 3 aromatic carbocycles. The molecule has 1 fully saturated rings. The number of aliphatic hydroxyl groups is 1. The molecule has 1 aliphatic heterocycles. The van der Waals surface area contributed by atoms with E-state index in [1.54, 1.807) is 6.20 Å². The summed E-state index contributed by atoms with van der Waals surface area (Å²) in [4.78, 5) is 24.3. The van der Waals surface area contributed by atoms with Crippen LogP contribution in [-0.2, 0) is 17.7 Å². The number of fused-ring (bicyclic) bond motifs is 1. The first kappa shape index (κ1) is 31.0. The summed E-state index contributed by atoms with van der Waals surface area (Å²) in [6.07, 6.45) is 5.99. The molecule has 1 saturated heterocycles. The van der Waals surface area contributed by atoms with Crippen LogP contribution in [0.2, 0.25) is 18.6 Å². The summed E-state index contributed by atoms with van der Waals surface area (Å²) in [7, 11) is -2.51. The van der Waals surface area contributed by atoms with Crippen molar-refractivity contribution in [2.24, 2.45) is 5.92 Å². The number of nitrogens with zero attached hydrogens (tertiary/aromatic N) is 5. The van der Waals surface area contributed by atoms with Gasteiger partial charge < -0.3 is 14.6 Å². The zero-order valence-electron chi connectivity index (χ0n) is 26.0. The van der Waals surface area contributed by atoms with Crippen molar-refractivity contribution in [1.82, 2.24) is 24.8 Å². The van der Waals surface area contributed by atoms with Gasteiger partial charge in [-0.05, 0) is 67.6 Å². The van der Waals surface area contributed by atoms with Crippen molar-refractivity contribution in [1.29, 1.82) is 0 Å². The predicted molar refractivity (Wildman–Crippen MR) is 177 cm³/mol. The van der Waals surface area contributed by atoms with Gasteiger partial charge in [-0.1, -0.05) is 72.8 Å². The third kappa shape index (κ3) is 6.69. The van der Waals surface area contributed by atoms with E-state index in [-0.39, 0.29) is 41.8 Å². The van der Waals surface area contributed by atoms with E-state index in [0.29, 0.717) is 11.9 Å². The van der Waals surface area contributed by atoms with Crippen molar-refractivity contribution >= 4 is 19.1 Å². The number of hydrogen-bond donors (Lipinski definition) is 2. The maximum absolute atomic E-state index is 13.0. The monoisotopic (exact) mass is 623 g/mol. The number of aryl methyl sites for hydroxylation is 2. The Bertz CT molecular complexity index is 1780. The second kappa shape index (κ2) is 13.2. The molecule has 0 saturated carbocycles. The summed E-state index contributed by atoms with van der Waals surface area (Å²) in [5, 5.41) is 24.6. The Morgan fingerprint density at radius 3 is 2.42 bits per heavy atom. The van der Waals surface area contributed by atoms with Gasteiger partial charge in [0, 0.05) is 23.7 Å². The number of benzene rings is 3. The Morgan fingerprint density at radius 1 is 0.956 bits per heavy atom. The van der Waals surface area contributed by atoms with Crippen molar-refractivity contribution < 1.29 is 14.6 Å². The first-order valence-electron chi connectivity index (χ1n) is 15.7. The molecular weight excluding hydrogens is 583 g/mol. The Kier molecular flexibility index (Phi) is 9.09. The van der Waals surface area contributed by atoms with E-state index in [1.165, 1.54) is 4.68 Å². The first-order valence-corrected chi connectivity index (χ1v) is 18.8. The Hall–Kier alpha value is -3.96. The summed E-state index contributed by atoms with van der Waals surface area (Å²) in [6, 6.07) is 25.3. The fourth-order valence-electron chi connectivity index (χ4n) is 6.96. The summed E-state index contributed by atoms with van der Waals surface area (Å²) in [5.74, 6) is 0.00643. The number of aromatic nitrogens is 5. The molecule has 5 atom stereocenters. The van der Waals surface area contributed by atoms with Gasteiger partial charge in [0.15, 0.2) is 8.32 Å². The van der Waals surface area contributed by atoms with Crippen LogP contribution in [0.3, 0.4) is 0 Å². The van der Waals surface area contributed by atoms with E-state index in [9.17, 15) is 14.7 Å². The van der Waals surface area contributed by atoms with E-state index in [2.05, 4.69) is 34.5 Å². The van der Waals surface area contributed by atoms with E-state index >= 15 is 0 Å². The van der Waals surface area contributed by atoms with Crippen LogP contribution in [0.1, 0.15) is 42.5 Å². The molecule has 0 aliphatic carbocycles. The maximum Gasteiger partial charge on any atom is 0.279 e. The Morgan fingerprint density at radius 2 is 1.69 bits per heavy atom. The van der Waals surface area contributed by atoms with E-state index in [4.69, 9.17) is 4.74 Å². The van der Waals surface area contributed by atoms with Gasteiger partial charge in [-0.15, -0.1) is 5.10 Å². The number of ether oxygens (including phenoxy) is 1. The molecule has 0 radical (unpaired) electrons. The summed E-state index contributed by atoms with van der Waals surface area (Å²) < 4.78 is 9.94. The second-order valence-corrected chi connectivity index (χ2v) is 16.7. The van der Waals surface area contributed by atoms with E-state index in [1.807, 2.05) is 90.7 Å². The molecule has 1 aliphatic rings. The second-order valence-electron chi connectivity index (χ2n) is 12.7. The van der Waals surface area contributed by atoms with Crippen LogP contribution in [0.5, 0.6) is 0 Å². The Balaban J connectivity index is 1.09. The summed E-state index contributed by atoms with van der Waals surface area (Å²) in [5.41, 5.74) is 3.61. The lowest BCUT2D eigenvalue weighted by Gasteiger charge is -2.30. The molecule has 0 spiro atoms. The van der Waals surface area contributed by atoms with Gasteiger partial charge in [0.25, 0.3) is 5.56 Å². The first-order chi connectivity index (χ1) is 21.7. The SMILES string of the molecule is C[C@@H]1[C@@H]([Si](C)(C)O)[C@H](CCn2cc(C(CO)c3ccccc3)nn2)O[C@@H]1CCc1ccc(-n2ncc3ccccc3c2=O)cc1. The number of aliphatic hydroxyl groups excluding tert-OH is 1. The van der Waals surface area contributed by atoms with Crippen molar-refractivity contribution in [2.45, 2.75) is 69.5 Å². The third-order valence-electron chi connectivity index (χ3n) is 9.25. The Labute approximate surface area is 264 Å². The van der Waals surface area contributed by atoms with Crippen molar-refractivity contribution in [3.63, 3.8) is 0 Å². The van der Waals surface area contributed by atoms with Gasteiger partial charge in [-0.2, -0.15) is 9.78 Å². The molecule has 234 valence electrons. The molecular formula is C35H41N5O4Si. The molecule has 5 aromatic rings. The van der Waals surface area contributed by atoms with Gasteiger partial charge in [0.2, 0.25) is 0 Å². The normalized spacial score (nSPS) is 20.9. The minimum Gasteiger partial charge on any atom is -0.432 e. The molecule has 1 unspecified atom stereocenters. The molecule has 10 heteroatoms. The van der Waals surface area contributed by atoms with Gasteiger partial charge in [0.05, 0.1) is 47.7 Å². The smallest absolute Gasteiger partial charge is 0.279 e. The highest BCUT2D eigenvalue weighted by molar-refractivity contribution is 6.71. The minimum absolute atomic E-state index is 0.0338. The highest BCUT2D eigenvalue weighted by Gasteiger charge is 2.49. The predicted octanol–water partition coefficient (Wildman–Crippen LogP) is 5.10. The molecule has 3 heterocycles. The summed E-state index contributed by atoms with van der Waals surface area (Å²) in [6.45, 7) is 6.80. The average Bonchev–Trinajstić information content (AvgIpc) is 3.64. The molecule has 45 heavy (non-hydrogen) atoms. The largest absolute Gasteiger partial charge is 0.432 e. The fourth-order valence-corrected chi connectivity index (χ4v) is 9.62. The van der Waals surface area contributed by atoms with E-state index in [0.717, 1.165) is 47.2 Å². The number of rotatable bonds is 11. The molecule has 0 bridgehead atoms. The minimum atomic E-state index is -2.51. The van der Waals surface area contributed by atoms with Gasteiger partial charge in [0.1, 0.15) is 0 Å². The van der Waals surface area contributed by atoms with Gasteiger partial charge >= 0.3 is 0 Å². The molecule has 2 N–H and O–H groups in total. The zero-order valence-corrected chi connectivity index (χ0v) is 27.0. The quantitative estimate of drug-likeness (QED) is 0.197. The molecule has 9 nitrogen and oxygen atoms in total. The van der Waals surface area contributed by atoms with Crippen LogP contribution < -0.4 is 5.56 Å². The van der Waals surface area contributed by atoms with Crippen LogP contribution >= 0.6 is 0 Å². The van der Waals surface area contributed by atoms with Crippen LogP contribution in [0.4, 0.5) is 0 Å². The van der Waals surface area contributed by atoms with Crippen LogP contribution in [0.15, 0.2) is 96.1 Å². The maximum atomic E-state index is 13.0. The van der Waals surface area contributed by atoms with Crippen LogP contribution in [0, 0.1) is 5.92 Å². The topological polar surface area (TPSA) is 115 Å². The van der Waals surface area contributed by atoms with Crippen LogP contribution in [-0.4, -0.2) is 61.8 Å². The van der Waals surface area contributed by atoms with Crippen molar-refractivity contribution in [2.75, 3.05) is 6.61 Å². The van der Waals surface area contributed by atoms with Crippen molar-refractivity contribution in [3.05, 3.63) is 118 Å².